The average Bonchev–Trinajstić information content (AvgIpc) is 2.39. The molecular weight excluding hydrogens is 156 g/mol. The van der Waals surface area contributed by atoms with Gasteiger partial charge in [0.25, 0.3) is 0 Å². The van der Waals surface area contributed by atoms with Crippen LogP contribution < -0.4 is 0 Å². The van der Waals surface area contributed by atoms with Crippen molar-refractivity contribution in [3.63, 3.8) is 0 Å². The van der Waals surface area contributed by atoms with Crippen molar-refractivity contribution in [2.24, 2.45) is 5.92 Å². The van der Waals surface area contributed by atoms with E-state index in [2.05, 4.69) is 12.6 Å². The topological polar surface area (TPSA) is 17.1 Å². The lowest BCUT2D eigenvalue weighted by Crippen LogP contribution is -1.94. The SMILES string of the molecule is O=C([S])CCCC1CCCC1. The summed E-state index contributed by atoms with van der Waals surface area (Å²) in [5.74, 6) is 0.907. The van der Waals surface area contributed by atoms with E-state index in [-0.39, 0.29) is 5.12 Å². The highest BCUT2D eigenvalue weighted by atomic mass is 32.1. The van der Waals surface area contributed by atoms with Gasteiger partial charge < -0.3 is 0 Å². The zero-order valence-corrected chi connectivity index (χ0v) is 7.66. The molecule has 0 N–H and O–H groups in total. The molecular formula is C9H15OS. The largest absolute Gasteiger partial charge is 0.282 e. The van der Waals surface area contributed by atoms with Crippen molar-refractivity contribution in [2.75, 3.05) is 0 Å². The minimum absolute atomic E-state index is 0.0667. The number of carbonyl (C=O) groups is 1. The van der Waals surface area contributed by atoms with Crippen molar-refractivity contribution < 1.29 is 4.79 Å². The van der Waals surface area contributed by atoms with Crippen molar-refractivity contribution in [3.05, 3.63) is 0 Å². The highest BCUT2D eigenvalue weighted by molar-refractivity contribution is 7.96. The van der Waals surface area contributed by atoms with E-state index in [1.165, 1.54) is 32.1 Å². The Bertz CT molecular complexity index is 128. The Balaban J connectivity index is 1.98. The van der Waals surface area contributed by atoms with Gasteiger partial charge in [0.1, 0.15) is 0 Å². The average molecular weight is 171 g/mol. The first-order valence-electron chi connectivity index (χ1n) is 4.49. The van der Waals surface area contributed by atoms with Crippen LogP contribution in [0.15, 0.2) is 0 Å². The van der Waals surface area contributed by atoms with Crippen LogP contribution in [0.1, 0.15) is 44.9 Å². The minimum atomic E-state index is -0.0667. The molecule has 0 heterocycles. The highest BCUT2D eigenvalue weighted by Crippen LogP contribution is 2.28. The molecule has 63 valence electrons. The second kappa shape index (κ2) is 4.70. The lowest BCUT2D eigenvalue weighted by Gasteiger charge is -2.05. The van der Waals surface area contributed by atoms with E-state index in [1.54, 1.807) is 0 Å². The zero-order chi connectivity index (χ0) is 8.10. The molecule has 0 spiro atoms. The summed E-state index contributed by atoms with van der Waals surface area (Å²) in [5, 5.41) is -0.0667. The predicted octanol–water partition coefficient (Wildman–Crippen LogP) is 3.07. The van der Waals surface area contributed by atoms with Gasteiger partial charge in [0.05, 0.1) is 0 Å². The molecule has 1 nitrogen and oxygen atoms in total. The molecule has 2 heteroatoms. The van der Waals surface area contributed by atoms with Crippen LogP contribution in [0.4, 0.5) is 0 Å². The van der Waals surface area contributed by atoms with Crippen LogP contribution in [0.25, 0.3) is 0 Å². The lowest BCUT2D eigenvalue weighted by molar-refractivity contribution is -0.110. The third-order valence-electron chi connectivity index (χ3n) is 2.47. The summed E-state index contributed by atoms with van der Waals surface area (Å²) in [6.07, 6.45) is 8.41. The second-order valence-corrected chi connectivity index (χ2v) is 3.87. The van der Waals surface area contributed by atoms with E-state index in [0.717, 1.165) is 12.3 Å². The number of hydrogen-bond acceptors (Lipinski definition) is 1. The summed E-state index contributed by atoms with van der Waals surface area (Å²) in [7, 11) is 0. The number of rotatable bonds is 4. The quantitative estimate of drug-likeness (QED) is 0.635. The van der Waals surface area contributed by atoms with Crippen LogP contribution >= 0.6 is 12.6 Å². The number of carbonyl (C=O) groups excluding carboxylic acids is 1. The van der Waals surface area contributed by atoms with Crippen molar-refractivity contribution >= 4 is 17.7 Å². The fraction of sp³-hybridized carbons (Fsp3) is 0.889. The molecule has 0 unspecified atom stereocenters. The van der Waals surface area contributed by atoms with Gasteiger partial charge in [-0.2, -0.15) is 0 Å². The molecule has 0 saturated heterocycles. The molecule has 0 atom stereocenters. The summed E-state index contributed by atoms with van der Waals surface area (Å²) in [5.41, 5.74) is 0. The lowest BCUT2D eigenvalue weighted by atomic mass is 10.0. The molecule has 1 fully saturated rings. The Morgan fingerprint density at radius 1 is 1.36 bits per heavy atom. The molecule has 0 aliphatic heterocycles. The summed E-state index contributed by atoms with van der Waals surface area (Å²) >= 11 is 4.48. The van der Waals surface area contributed by atoms with Crippen LogP contribution in [0, 0.1) is 5.92 Å². The molecule has 0 aromatic carbocycles. The molecule has 0 amide bonds. The van der Waals surface area contributed by atoms with E-state index < -0.39 is 0 Å². The number of hydrogen-bond donors (Lipinski definition) is 0. The second-order valence-electron chi connectivity index (χ2n) is 3.41. The van der Waals surface area contributed by atoms with Gasteiger partial charge in [-0.15, -0.1) is 0 Å². The minimum Gasteiger partial charge on any atom is -0.282 e. The standard InChI is InChI=1S/C9H15OS/c10-9(11)7-3-6-8-4-1-2-5-8/h8H,1-7H2. The third kappa shape index (κ3) is 3.71. The molecule has 0 bridgehead atoms. The molecule has 1 rings (SSSR count). The molecule has 1 radical (unpaired) electrons. The molecule has 0 aromatic rings. The van der Waals surface area contributed by atoms with Crippen molar-refractivity contribution in [2.45, 2.75) is 44.9 Å². The first-order valence-corrected chi connectivity index (χ1v) is 4.89. The summed E-state index contributed by atoms with van der Waals surface area (Å²) in [6, 6.07) is 0. The van der Waals surface area contributed by atoms with Crippen molar-refractivity contribution in [3.8, 4) is 0 Å². The zero-order valence-electron chi connectivity index (χ0n) is 6.84. The Kier molecular flexibility index (Phi) is 3.84. The monoisotopic (exact) mass is 171 g/mol. The van der Waals surface area contributed by atoms with E-state index >= 15 is 0 Å². The van der Waals surface area contributed by atoms with Gasteiger partial charge in [0, 0.05) is 6.42 Å². The third-order valence-corrected chi connectivity index (χ3v) is 2.67. The Hall–Kier alpha value is -0.110. The van der Waals surface area contributed by atoms with E-state index in [1.807, 2.05) is 0 Å². The van der Waals surface area contributed by atoms with Gasteiger partial charge in [-0.1, -0.05) is 25.7 Å². The Labute approximate surface area is 74.0 Å². The molecule has 0 aromatic heterocycles. The van der Waals surface area contributed by atoms with Gasteiger partial charge in [-0.25, -0.2) is 0 Å². The predicted molar refractivity (Wildman–Crippen MR) is 48.4 cm³/mol. The smallest absolute Gasteiger partial charge is 0.218 e. The molecule has 1 saturated carbocycles. The van der Waals surface area contributed by atoms with E-state index in [4.69, 9.17) is 0 Å². The normalized spacial score (nSPS) is 18.9. The maximum Gasteiger partial charge on any atom is 0.218 e. The van der Waals surface area contributed by atoms with Crippen LogP contribution in [0.5, 0.6) is 0 Å². The first kappa shape index (κ1) is 8.98. The maximum absolute atomic E-state index is 10.4. The van der Waals surface area contributed by atoms with Crippen LogP contribution in [0.3, 0.4) is 0 Å². The fourth-order valence-corrected chi connectivity index (χ4v) is 1.98. The molecule has 1 aliphatic rings. The molecule has 11 heavy (non-hydrogen) atoms. The Morgan fingerprint density at radius 2 is 2.00 bits per heavy atom. The fourth-order valence-electron chi connectivity index (χ4n) is 1.83. The maximum atomic E-state index is 10.4. The summed E-state index contributed by atoms with van der Waals surface area (Å²) in [4.78, 5) is 10.4. The van der Waals surface area contributed by atoms with Gasteiger partial charge in [0.2, 0.25) is 5.12 Å². The molecule has 1 aliphatic carbocycles. The van der Waals surface area contributed by atoms with Crippen LogP contribution in [-0.2, 0) is 4.79 Å². The highest BCUT2D eigenvalue weighted by Gasteiger charge is 2.14. The van der Waals surface area contributed by atoms with Gasteiger partial charge in [0.15, 0.2) is 0 Å². The van der Waals surface area contributed by atoms with Crippen molar-refractivity contribution in [1.29, 1.82) is 0 Å². The van der Waals surface area contributed by atoms with Crippen LogP contribution in [0.2, 0.25) is 0 Å². The summed E-state index contributed by atoms with van der Waals surface area (Å²) < 4.78 is 0. The van der Waals surface area contributed by atoms with E-state index in [0.29, 0.717) is 6.42 Å². The van der Waals surface area contributed by atoms with Gasteiger partial charge in [-0.05, 0) is 31.4 Å². The van der Waals surface area contributed by atoms with E-state index in [9.17, 15) is 4.79 Å². The van der Waals surface area contributed by atoms with Gasteiger partial charge in [-0.3, -0.25) is 4.79 Å². The van der Waals surface area contributed by atoms with Gasteiger partial charge >= 0.3 is 0 Å². The summed E-state index contributed by atoms with van der Waals surface area (Å²) in [6.45, 7) is 0. The first-order chi connectivity index (χ1) is 5.29. The van der Waals surface area contributed by atoms with Crippen LogP contribution in [-0.4, -0.2) is 5.12 Å². The van der Waals surface area contributed by atoms with Crippen molar-refractivity contribution in [1.82, 2.24) is 0 Å². The Morgan fingerprint density at radius 3 is 2.55 bits per heavy atom.